The third kappa shape index (κ3) is 5.28. The first-order valence-corrected chi connectivity index (χ1v) is 11.2. The highest BCUT2D eigenvalue weighted by atomic mass is 79.9. The number of amidine groups is 1. The Balaban J connectivity index is 1.87. The third-order valence-corrected chi connectivity index (χ3v) is 6.42. The molecule has 1 amide bonds. The van der Waals surface area contributed by atoms with E-state index in [4.69, 9.17) is 4.74 Å². The van der Waals surface area contributed by atoms with Crippen molar-refractivity contribution in [2.45, 2.75) is 38.5 Å². The van der Waals surface area contributed by atoms with E-state index in [1.54, 1.807) is 18.2 Å². The first-order valence-electron chi connectivity index (χ1n) is 9.50. The van der Waals surface area contributed by atoms with E-state index in [0.29, 0.717) is 17.5 Å². The first-order chi connectivity index (χ1) is 14.0. The highest BCUT2D eigenvalue weighted by Gasteiger charge is 2.37. The van der Waals surface area contributed by atoms with Gasteiger partial charge in [0.2, 0.25) is 5.91 Å². The van der Waals surface area contributed by atoms with Crippen LogP contribution < -0.4 is 4.74 Å². The van der Waals surface area contributed by atoms with Crippen molar-refractivity contribution in [2.24, 2.45) is 10.2 Å². The van der Waals surface area contributed by atoms with Crippen molar-refractivity contribution in [3.8, 4) is 5.75 Å². The molecular weight excluding hydrogens is 450 g/mol. The van der Waals surface area contributed by atoms with Crippen molar-refractivity contribution in [1.29, 1.82) is 0 Å². The van der Waals surface area contributed by atoms with Gasteiger partial charge in [-0.15, -0.1) is 5.10 Å². The van der Waals surface area contributed by atoms with E-state index in [9.17, 15) is 4.79 Å². The van der Waals surface area contributed by atoms with Gasteiger partial charge in [-0.2, -0.15) is 5.10 Å². The van der Waals surface area contributed by atoms with Crippen LogP contribution in [0.1, 0.15) is 36.5 Å². The largest absolute Gasteiger partial charge is 0.496 e. The summed E-state index contributed by atoms with van der Waals surface area (Å²) in [6.45, 7) is 4.65. The minimum Gasteiger partial charge on any atom is -0.496 e. The third-order valence-electron chi connectivity index (χ3n) is 4.69. The van der Waals surface area contributed by atoms with E-state index >= 15 is 0 Å². The second-order valence-corrected chi connectivity index (χ2v) is 8.85. The zero-order valence-electron chi connectivity index (χ0n) is 16.8. The molecule has 1 heterocycles. The number of halogens is 1. The lowest BCUT2D eigenvalue weighted by molar-refractivity contribution is -0.126. The number of methoxy groups -OCH3 is 1. The number of carbonyl (C=O) groups is 1. The predicted octanol–water partition coefficient (Wildman–Crippen LogP) is 5.40. The number of rotatable bonds is 7. The number of aryl methyl sites for hydroxylation is 1. The van der Waals surface area contributed by atoms with E-state index in [1.165, 1.54) is 11.8 Å². The highest BCUT2D eigenvalue weighted by Crippen LogP contribution is 2.32. The van der Waals surface area contributed by atoms with Crippen molar-refractivity contribution < 1.29 is 9.53 Å². The molecule has 0 aromatic heterocycles. The van der Waals surface area contributed by atoms with Crippen molar-refractivity contribution >= 4 is 45.0 Å². The van der Waals surface area contributed by atoms with Crippen LogP contribution in [0.15, 0.2) is 57.1 Å². The van der Waals surface area contributed by atoms with E-state index in [-0.39, 0.29) is 11.2 Å². The van der Waals surface area contributed by atoms with Crippen LogP contribution in [-0.2, 0) is 11.3 Å². The molecule has 2 aromatic carbocycles. The van der Waals surface area contributed by atoms with Crippen molar-refractivity contribution in [1.82, 2.24) is 4.90 Å². The summed E-state index contributed by atoms with van der Waals surface area (Å²) in [7, 11) is 1.62. The lowest BCUT2D eigenvalue weighted by Gasteiger charge is -2.17. The monoisotopic (exact) mass is 473 g/mol. The van der Waals surface area contributed by atoms with Gasteiger partial charge in [0.25, 0.3) is 0 Å². The summed E-state index contributed by atoms with van der Waals surface area (Å²) in [5.74, 6) is 0.821. The predicted molar refractivity (Wildman–Crippen MR) is 124 cm³/mol. The summed E-state index contributed by atoms with van der Waals surface area (Å²) in [5, 5.41) is 9.20. The van der Waals surface area contributed by atoms with E-state index < -0.39 is 0 Å². The fourth-order valence-corrected chi connectivity index (χ4v) is 4.67. The molecule has 3 rings (SSSR count). The molecule has 152 valence electrons. The van der Waals surface area contributed by atoms with Gasteiger partial charge in [-0.1, -0.05) is 65.3 Å². The van der Waals surface area contributed by atoms with Crippen molar-refractivity contribution in [2.75, 3.05) is 7.11 Å². The molecule has 0 aliphatic carbocycles. The number of hydrogen-bond donors (Lipinski definition) is 0. The lowest BCUT2D eigenvalue weighted by Crippen LogP contribution is -2.31. The van der Waals surface area contributed by atoms with Gasteiger partial charge in [0.05, 0.1) is 25.1 Å². The average molecular weight is 474 g/mol. The van der Waals surface area contributed by atoms with Gasteiger partial charge in [0.1, 0.15) is 5.75 Å². The van der Waals surface area contributed by atoms with E-state index in [0.717, 1.165) is 34.0 Å². The zero-order chi connectivity index (χ0) is 20.8. The molecule has 1 aliphatic rings. The van der Waals surface area contributed by atoms with Crippen LogP contribution in [0.2, 0.25) is 0 Å². The van der Waals surface area contributed by atoms with Gasteiger partial charge < -0.3 is 4.74 Å². The lowest BCUT2D eigenvalue weighted by atomic mass is 10.1. The Morgan fingerprint density at radius 2 is 2.07 bits per heavy atom. The van der Waals surface area contributed by atoms with Gasteiger partial charge in [0, 0.05) is 10.0 Å². The van der Waals surface area contributed by atoms with Crippen LogP contribution in [-0.4, -0.2) is 34.5 Å². The summed E-state index contributed by atoms with van der Waals surface area (Å²) < 4.78 is 6.30. The van der Waals surface area contributed by atoms with Crippen LogP contribution >= 0.6 is 27.7 Å². The van der Waals surface area contributed by atoms with E-state index in [2.05, 4.69) is 46.0 Å². The molecule has 1 aliphatic heterocycles. The SMILES string of the molecule is CCC[C@H]1S/C(=N/N=C\c2cc(Br)ccc2OC)N(Cc2ccccc2C)C1=O. The number of nitrogens with zero attached hydrogens (tertiary/aromatic N) is 3. The molecule has 0 spiro atoms. The number of hydrogen-bond acceptors (Lipinski definition) is 5. The molecule has 29 heavy (non-hydrogen) atoms. The molecule has 1 atom stereocenters. The Morgan fingerprint density at radius 3 is 2.79 bits per heavy atom. The second kappa shape index (κ2) is 10.1. The van der Waals surface area contributed by atoms with Crippen molar-refractivity contribution in [3.05, 3.63) is 63.6 Å². The zero-order valence-corrected chi connectivity index (χ0v) is 19.2. The Morgan fingerprint density at radius 1 is 1.28 bits per heavy atom. The smallest absolute Gasteiger partial charge is 0.242 e. The van der Waals surface area contributed by atoms with Crippen LogP contribution in [0.3, 0.4) is 0 Å². The van der Waals surface area contributed by atoms with Gasteiger partial charge >= 0.3 is 0 Å². The minimum atomic E-state index is -0.0987. The van der Waals surface area contributed by atoms with Crippen LogP contribution in [0.25, 0.3) is 0 Å². The Hall–Kier alpha value is -2.12. The molecule has 0 bridgehead atoms. The fraction of sp³-hybridized carbons (Fsp3) is 0.318. The van der Waals surface area contributed by atoms with Crippen molar-refractivity contribution in [3.63, 3.8) is 0 Å². The molecule has 0 radical (unpaired) electrons. The van der Waals surface area contributed by atoms with Crippen LogP contribution in [0.4, 0.5) is 0 Å². The number of thioether (sulfide) groups is 1. The topological polar surface area (TPSA) is 54.3 Å². The highest BCUT2D eigenvalue weighted by molar-refractivity contribution is 9.10. The molecule has 7 heteroatoms. The summed E-state index contributed by atoms with van der Waals surface area (Å²) in [4.78, 5) is 14.7. The minimum absolute atomic E-state index is 0.0987. The molecule has 2 aromatic rings. The molecular formula is C22H24BrN3O2S. The fourth-order valence-electron chi connectivity index (χ4n) is 3.08. The summed E-state index contributed by atoms with van der Waals surface area (Å²) in [6, 6.07) is 13.8. The molecule has 5 nitrogen and oxygen atoms in total. The normalized spacial score (nSPS) is 18.2. The molecule has 1 saturated heterocycles. The summed E-state index contributed by atoms with van der Waals surface area (Å²) in [5.41, 5.74) is 3.09. The maximum atomic E-state index is 12.9. The summed E-state index contributed by atoms with van der Waals surface area (Å²) >= 11 is 4.96. The quantitative estimate of drug-likeness (QED) is 0.399. The Labute approximate surface area is 184 Å². The maximum absolute atomic E-state index is 12.9. The maximum Gasteiger partial charge on any atom is 0.242 e. The summed E-state index contributed by atoms with van der Waals surface area (Å²) in [6.07, 6.45) is 3.43. The number of amides is 1. The van der Waals surface area contributed by atoms with Gasteiger partial charge in [-0.3, -0.25) is 9.69 Å². The average Bonchev–Trinajstić information content (AvgIpc) is 2.99. The van der Waals surface area contributed by atoms with Gasteiger partial charge in [-0.05, 0) is 42.7 Å². The van der Waals surface area contributed by atoms with Gasteiger partial charge in [0.15, 0.2) is 5.17 Å². The number of benzene rings is 2. The first kappa shape index (κ1) is 21.6. The molecule has 0 saturated carbocycles. The number of carbonyl (C=O) groups excluding carboxylic acids is 1. The molecule has 1 fully saturated rings. The standard InChI is InChI=1S/C22H24BrN3O2S/c1-4-7-20-21(27)26(14-16-9-6-5-8-15(16)2)22(29-20)25-24-13-17-12-18(23)10-11-19(17)28-3/h5-6,8-13,20H,4,7,14H2,1-3H3/b24-13-,25-22+/t20-/m1/s1. The van der Waals surface area contributed by atoms with E-state index in [1.807, 2.05) is 36.4 Å². The molecule has 0 unspecified atom stereocenters. The van der Waals surface area contributed by atoms with Crippen LogP contribution in [0, 0.1) is 6.92 Å². The second-order valence-electron chi connectivity index (χ2n) is 6.76. The molecule has 0 N–H and O–H groups in total. The Kier molecular flexibility index (Phi) is 7.50. The van der Waals surface area contributed by atoms with Crippen LogP contribution in [0.5, 0.6) is 5.75 Å². The van der Waals surface area contributed by atoms with Gasteiger partial charge in [-0.25, -0.2) is 0 Å². The number of ether oxygens (including phenoxy) is 1. The Bertz CT molecular complexity index is 945.